The van der Waals surface area contributed by atoms with Gasteiger partial charge in [-0.1, -0.05) is 30.9 Å². The zero-order chi connectivity index (χ0) is 14.0. The number of rotatable bonds is 10. The second-order valence-corrected chi connectivity index (χ2v) is 4.51. The Morgan fingerprint density at radius 2 is 1.67 bits per heavy atom. The van der Waals surface area contributed by atoms with Crippen LogP contribution in [0.2, 0.25) is 0 Å². The third-order valence-corrected chi connectivity index (χ3v) is 2.75. The molecule has 0 aromatic heterocycles. The van der Waals surface area contributed by atoms with E-state index in [-0.39, 0.29) is 11.9 Å². The summed E-state index contributed by atoms with van der Waals surface area (Å²) in [6.07, 6.45) is 8.79. The van der Waals surface area contributed by atoms with Gasteiger partial charge in [0.15, 0.2) is 0 Å². The van der Waals surface area contributed by atoms with Crippen LogP contribution in [0.1, 0.15) is 32.6 Å². The lowest BCUT2D eigenvalue weighted by molar-refractivity contribution is -0.128. The average Bonchev–Trinajstić information content (AvgIpc) is 2.35. The lowest BCUT2D eigenvalue weighted by Gasteiger charge is -2.31. The normalized spacial score (nSPS) is 9.89. The van der Waals surface area contributed by atoms with Gasteiger partial charge >= 0.3 is 0 Å². The van der Waals surface area contributed by atoms with Crippen LogP contribution in [0, 0.1) is 0 Å². The minimum Gasteiger partial charge on any atom is -0.332 e. The average molecular weight is 247 g/mol. The van der Waals surface area contributed by atoms with Crippen LogP contribution in [0.15, 0.2) is 50.1 Å². The van der Waals surface area contributed by atoms with E-state index in [2.05, 4.69) is 26.3 Å². The highest BCUT2D eigenvalue weighted by Gasteiger charge is 2.20. The first-order valence-corrected chi connectivity index (χ1v) is 6.36. The Morgan fingerprint density at radius 3 is 2.00 bits per heavy atom. The first-order chi connectivity index (χ1) is 8.56. The van der Waals surface area contributed by atoms with Crippen LogP contribution >= 0.6 is 0 Å². The Morgan fingerprint density at radius 1 is 1.17 bits per heavy atom. The molecule has 0 N–H and O–H groups in total. The van der Waals surface area contributed by atoms with Crippen LogP contribution in [0.4, 0.5) is 0 Å². The molecule has 0 saturated carbocycles. The van der Waals surface area contributed by atoms with E-state index in [9.17, 15) is 4.79 Å². The second kappa shape index (κ2) is 9.46. The van der Waals surface area contributed by atoms with Crippen molar-refractivity contribution in [3.63, 3.8) is 0 Å². The summed E-state index contributed by atoms with van der Waals surface area (Å²) in [5.74, 6) is -0.0314. The standard InChI is InChI=1S/C16H25NO/c1-6-9-11-15(12-10-7-2)17(13-14(4)5)16(18)8-3/h6-8,15H,1-4,9-13H2,5H3. The van der Waals surface area contributed by atoms with Crippen molar-refractivity contribution < 1.29 is 4.79 Å². The van der Waals surface area contributed by atoms with Gasteiger partial charge < -0.3 is 4.90 Å². The van der Waals surface area contributed by atoms with Crippen LogP contribution in [0.25, 0.3) is 0 Å². The predicted octanol–water partition coefficient (Wildman–Crippen LogP) is 3.88. The van der Waals surface area contributed by atoms with Gasteiger partial charge in [-0.2, -0.15) is 0 Å². The number of amides is 1. The van der Waals surface area contributed by atoms with Gasteiger partial charge in [-0.05, 0) is 38.7 Å². The van der Waals surface area contributed by atoms with Crippen molar-refractivity contribution in [3.8, 4) is 0 Å². The Bertz CT molecular complexity index is 305. The first kappa shape index (κ1) is 16.4. The van der Waals surface area contributed by atoms with Crippen LogP contribution in [0.5, 0.6) is 0 Å². The Labute approximate surface area is 111 Å². The zero-order valence-electron chi connectivity index (χ0n) is 11.5. The molecule has 0 unspecified atom stereocenters. The minimum atomic E-state index is -0.0314. The zero-order valence-corrected chi connectivity index (χ0v) is 11.5. The van der Waals surface area contributed by atoms with Crippen molar-refractivity contribution in [2.45, 2.75) is 38.6 Å². The van der Waals surface area contributed by atoms with Crippen molar-refractivity contribution in [2.75, 3.05) is 6.54 Å². The molecule has 0 fully saturated rings. The van der Waals surface area contributed by atoms with Crippen LogP contribution < -0.4 is 0 Å². The third-order valence-electron chi connectivity index (χ3n) is 2.75. The molecule has 0 rings (SSSR count). The molecule has 0 aliphatic carbocycles. The number of hydrogen-bond acceptors (Lipinski definition) is 1. The fourth-order valence-corrected chi connectivity index (χ4v) is 1.87. The van der Waals surface area contributed by atoms with E-state index < -0.39 is 0 Å². The van der Waals surface area contributed by atoms with Gasteiger partial charge in [0.25, 0.3) is 0 Å². The molecule has 0 bridgehead atoms. The molecule has 0 atom stereocenters. The maximum atomic E-state index is 11.9. The SMILES string of the molecule is C=CCCC(CCC=C)N(CC(=C)C)C(=O)C=C. The number of carbonyl (C=O) groups is 1. The molecule has 1 amide bonds. The van der Waals surface area contributed by atoms with Crippen molar-refractivity contribution in [1.82, 2.24) is 4.90 Å². The van der Waals surface area contributed by atoms with E-state index in [0.717, 1.165) is 31.3 Å². The van der Waals surface area contributed by atoms with Crippen LogP contribution in [-0.2, 0) is 4.79 Å². The lowest BCUT2D eigenvalue weighted by Crippen LogP contribution is -2.40. The summed E-state index contributed by atoms with van der Waals surface area (Å²) in [4.78, 5) is 13.8. The Kier molecular flexibility index (Phi) is 8.63. The molecule has 0 radical (unpaired) electrons. The summed E-state index contributed by atoms with van der Waals surface area (Å²) in [5, 5.41) is 0. The summed E-state index contributed by atoms with van der Waals surface area (Å²) >= 11 is 0. The smallest absolute Gasteiger partial charge is 0.246 e. The number of allylic oxidation sites excluding steroid dienone is 2. The maximum Gasteiger partial charge on any atom is 0.246 e. The van der Waals surface area contributed by atoms with Crippen molar-refractivity contribution in [1.29, 1.82) is 0 Å². The molecule has 0 saturated heterocycles. The molecule has 0 aromatic rings. The van der Waals surface area contributed by atoms with Gasteiger partial charge in [0.05, 0.1) is 0 Å². The molecule has 18 heavy (non-hydrogen) atoms. The molecule has 0 aromatic carbocycles. The summed E-state index contributed by atoms with van der Waals surface area (Å²) in [5.41, 5.74) is 0.979. The molecule has 2 nitrogen and oxygen atoms in total. The molecular weight excluding hydrogens is 222 g/mol. The van der Waals surface area contributed by atoms with E-state index in [1.54, 1.807) is 0 Å². The molecule has 2 heteroatoms. The molecule has 100 valence electrons. The summed E-state index contributed by atoms with van der Waals surface area (Å²) < 4.78 is 0. The maximum absolute atomic E-state index is 11.9. The van der Waals surface area contributed by atoms with E-state index in [0.29, 0.717) is 6.54 Å². The van der Waals surface area contributed by atoms with E-state index in [4.69, 9.17) is 0 Å². The van der Waals surface area contributed by atoms with Gasteiger partial charge in [0.2, 0.25) is 5.91 Å². The van der Waals surface area contributed by atoms with Gasteiger partial charge in [0.1, 0.15) is 0 Å². The largest absolute Gasteiger partial charge is 0.332 e. The molecule has 0 aliphatic rings. The fraction of sp³-hybridized carbons (Fsp3) is 0.438. The van der Waals surface area contributed by atoms with Gasteiger partial charge in [-0.3, -0.25) is 4.79 Å². The van der Waals surface area contributed by atoms with Gasteiger partial charge in [-0.25, -0.2) is 0 Å². The highest BCUT2D eigenvalue weighted by Crippen LogP contribution is 2.16. The second-order valence-electron chi connectivity index (χ2n) is 4.51. The van der Waals surface area contributed by atoms with Crippen molar-refractivity contribution >= 4 is 5.91 Å². The van der Waals surface area contributed by atoms with E-state index in [1.165, 1.54) is 6.08 Å². The highest BCUT2D eigenvalue weighted by atomic mass is 16.2. The third kappa shape index (κ3) is 6.24. The minimum absolute atomic E-state index is 0.0314. The first-order valence-electron chi connectivity index (χ1n) is 6.36. The fourth-order valence-electron chi connectivity index (χ4n) is 1.87. The number of hydrogen-bond donors (Lipinski definition) is 0. The lowest BCUT2D eigenvalue weighted by atomic mass is 10.0. The number of carbonyl (C=O) groups excluding carboxylic acids is 1. The predicted molar refractivity (Wildman–Crippen MR) is 79.4 cm³/mol. The molecule has 0 aliphatic heterocycles. The summed E-state index contributed by atoms with van der Waals surface area (Å²) in [6.45, 7) is 17.4. The monoisotopic (exact) mass is 247 g/mol. The van der Waals surface area contributed by atoms with Gasteiger partial charge in [0, 0.05) is 12.6 Å². The quantitative estimate of drug-likeness (QED) is 0.424. The Balaban J connectivity index is 4.84. The molecule has 0 spiro atoms. The molecule has 0 heterocycles. The summed E-state index contributed by atoms with van der Waals surface area (Å²) in [6, 6.07) is 0.197. The highest BCUT2D eigenvalue weighted by molar-refractivity contribution is 5.87. The van der Waals surface area contributed by atoms with Crippen LogP contribution in [0.3, 0.4) is 0 Å². The summed E-state index contributed by atoms with van der Waals surface area (Å²) in [7, 11) is 0. The number of nitrogens with zero attached hydrogens (tertiary/aromatic N) is 1. The Hall–Kier alpha value is -1.57. The van der Waals surface area contributed by atoms with Crippen molar-refractivity contribution in [3.05, 3.63) is 50.1 Å². The molecular formula is C16H25NO. The topological polar surface area (TPSA) is 20.3 Å². The van der Waals surface area contributed by atoms with Gasteiger partial charge in [-0.15, -0.1) is 13.2 Å². The van der Waals surface area contributed by atoms with Crippen LogP contribution in [-0.4, -0.2) is 23.4 Å². The van der Waals surface area contributed by atoms with E-state index >= 15 is 0 Å². The van der Waals surface area contributed by atoms with E-state index in [1.807, 2.05) is 24.0 Å². The van der Waals surface area contributed by atoms with Crippen molar-refractivity contribution in [2.24, 2.45) is 0 Å².